The molecule has 31 heavy (non-hydrogen) atoms. The van der Waals surface area contributed by atoms with Crippen molar-refractivity contribution < 1.29 is 9.53 Å². The lowest BCUT2D eigenvalue weighted by Crippen LogP contribution is -2.15. The number of hydrogen-bond acceptors (Lipinski definition) is 5. The summed E-state index contributed by atoms with van der Waals surface area (Å²) in [5, 5.41) is 11.6. The summed E-state index contributed by atoms with van der Waals surface area (Å²) in [4.78, 5) is 16.6. The Morgan fingerprint density at radius 2 is 2.03 bits per heavy atom. The van der Waals surface area contributed by atoms with Crippen LogP contribution in [-0.4, -0.2) is 30.5 Å². The van der Waals surface area contributed by atoms with E-state index >= 15 is 0 Å². The summed E-state index contributed by atoms with van der Waals surface area (Å²) in [6.07, 6.45) is 3.22. The molecule has 1 amide bonds. The molecule has 0 atom stereocenters. The Bertz CT molecular complexity index is 1220. The van der Waals surface area contributed by atoms with Crippen molar-refractivity contribution in [3.05, 3.63) is 87.4 Å². The standard InChI is InChI=1S/C21H18BrClN6O2/c1-14-3-2-4-15(9-14)11-29-12-24-21(27-29)25-20(30)18-7-8-28(26-18)13-31-19-6-5-16(22)10-17(19)23/h2-10,12H,11,13H2,1H3,(H,25,27,30). The minimum Gasteiger partial charge on any atom is -0.470 e. The lowest BCUT2D eigenvalue weighted by molar-refractivity contribution is 0.101. The zero-order valence-corrected chi connectivity index (χ0v) is 18.8. The lowest BCUT2D eigenvalue weighted by atomic mass is 10.1. The maximum atomic E-state index is 12.5. The number of rotatable bonds is 7. The summed E-state index contributed by atoms with van der Waals surface area (Å²) >= 11 is 9.48. The van der Waals surface area contributed by atoms with Gasteiger partial charge in [-0.3, -0.25) is 10.1 Å². The third kappa shape index (κ3) is 5.50. The molecule has 0 bridgehead atoms. The Morgan fingerprint density at radius 1 is 1.16 bits per heavy atom. The van der Waals surface area contributed by atoms with E-state index < -0.39 is 5.91 Å². The molecule has 158 valence electrons. The van der Waals surface area contributed by atoms with Crippen LogP contribution in [0.1, 0.15) is 21.6 Å². The van der Waals surface area contributed by atoms with E-state index in [0.29, 0.717) is 17.3 Å². The van der Waals surface area contributed by atoms with Crippen molar-refractivity contribution in [1.82, 2.24) is 24.5 Å². The van der Waals surface area contributed by atoms with Crippen LogP contribution in [-0.2, 0) is 13.3 Å². The van der Waals surface area contributed by atoms with Gasteiger partial charge in [-0.25, -0.2) is 14.3 Å². The third-order valence-corrected chi connectivity index (χ3v) is 5.10. The molecule has 8 nitrogen and oxygen atoms in total. The van der Waals surface area contributed by atoms with Gasteiger partial charge in [0.25, 0.3) is 5.91 Å². The molecule has 2 aromatic heterocycles. The summed E-state index contributed by atoms with van der Waals surface area (Å²) in [6.45, 7) is 2.71. The fourth-order valence-electron chi connectivity index (χ4n) is 2.87. The Balaban J connectivity index is 1.34. The number of benzene rings is 2. The van der Waals surface area contributed by atoms with E-state index in [2.05, 4.69) is 42.5 Å². The molecule has 0 saturated heterocycles. The second-order valence-corrected chi connectivity index (χ2v) is 8.12. The molecule has 0 aliphatic heterocycles. The highest BCUT2D eigenvalue weighted by Crippen LogP contribution is 2.27. The predicted molar refractivity (Wildman–Crippen MR) is 120 cm³/mol. The van der Waals surface area contributed by atoms with Crippen molar-refractivity contribution in [3.63, 3.8) is 0 Å². The quantitative estimate of drug-likeness (QED) is 0.402. The summed E-state index contributed by atoms with van der Waals surface area (Å²) in [5.74, 6) is 0.327. The minimum absolute atomic E-state index is 0.109. The van der Waals surface area contributed by atoms with Crippen LogP contribution < -0.4 is 10.1 Å². The van der Waals surface area contributed by atoms with Crippen molar-refractivity contribution in [1.29, 1.82) is 0 Å². The van der Waals surface area contributed by atoms with Crippen LogP contribution in [0.25, 0.3) is 0 Å². The topological polar surface area (TPSA) is 86.9 Å². The first-order valence-corrected chi connectivity index (χ1v) is 10.5. The van der Waals surface area contributed by atoms with Gasteiger partial charge in [-0.1, -0.05) is 57.4 Å². The van der Waals surface area contributed by atoms with Crippen LogP contribution in [0.2, 0.25) is 5.02 Å². The van der Waals surface area contributed by atoms with Gasteiger partial charge < -0.3 is 4.74 Å². The Kier molecular flexibility index (Phi) is 6.34. The largest absolute Gasteiger partial charge is 0.470 e. The van der Waals surface area contributed by atoms with E-state index in [0.717, 1.165) is 10.0 Å². The molecule has 0 radical (unpaired) electrons. The van der Waals surface area contributed by atoms with E-state index in [1.165, 1.54) is 10.2 Å². The van der Waals surface area contributed by atoms with Crippen LogP contribution in [0.15, 0.2) is 65.5 Å². The number of anilines is 1. The highest BCUT2D eigenvalue weighted by Gasteiger charge is 2.13. The Morgan fingerprint density at radius 3 is 2.84 bits per heavy atom. The number of nitrogens with zero attached hydrogens (tertiary/aromatic N) is 5. The van der Waals surface area contributed by atoms with Crippen molar-refractivity contribution >= 4 is 39.4 Å². The second kappa shape index (κ2) is 9.32. The first-order chi connectivity index (χ1) is 15.0. The molecule has 4 aromatic rings. The van der Waals surface area contributed by atoms with Crippen LogP contribution >= 0.6 is 27.5 Å². The molecule has 4 rings (SSSR count). The summed E-state index contributed by atoms with van der Waals surface area (Å²) in [7, 11) is 0. The van der Waals surface area contributed by atoms with Gasteiger partial charge in [0.05, 0.1) is 11.6 Å². The Hall–Kier alpha value is -3.17. The smallest absolute Gasteiger partial charge is 0.278 e. The molecule has 2 aromatic carbocycles. The molecular formula is C21H18BrClN6O2. The van der Waals surface area contributed by atoms with E-state index in [-0.39, 0.29) is 18.4 Å². The van der Waals surface area contributed by atoms with Gasteiger partial charge in [0, 0.05) is 10.7 Å². The van der Waals surface area contributed by atoms with Gasteiger partial charge in [-0.05, 0) is 36.8 Å². The highest BCUT2D eigenvalue weighted by atomic mass is 79.9. The normalized spacial score (nSPS) is 10.8. The fourth-order valence-corrected chi connectivity index (χ4v) is 3.60. The van der Waals surface area contributed by atoms with Crippen LogP contribution in [0.3, 0.4) is 0 Å². The van der Waals surface area contributed by atoms with Crippen LogP contribution in [0.5, 0.6) is 5.75 Å². The zero-order chi connectivity index (χ0) is 21.8. The average Bonchev–Trinajstić information content (AvgIpc) is 3.37. The fraction of sp³-hybridized carbons (Fsp3) is 0.143. The summed E-state index contributed by atoms with van der Waals surface area (Å²) in [6, 6.07) is 15.0. The molecule has 0 saturated carbocycles. The molecule has 0 aliphatic rings. The zero-order valence-electron chi connectivity index (χ0n) is 16.5. The van der Waals surface area contributed by atoms with Gasteiger partial charge in [0.1, 0.15) is 12.1 Å². The number of amides is 1. The number of aryl methyl sites for hydroxylation is 1. The molecule has 1 N–H and O–H groups in total. The first-order valence-electron chi connectivity index (χ1n) is 9.34. The monoisotopic (exact) mass is 500 g/mol. The maximum Gasteiger partial charge on any atom is 0.278 e. The van der Waals surface area contributed by atoms with Gasteiger partial charge in [0.15, 0.2) is 12.4 Å². The van der Waals surface area contributed by atoms with Crippen molar-refractivity contribution in [2.75, 3.05) is 5.32 Å². The number of halogens is 2. The number of hydrogen-bond donors (Lipinski definition) is 1. The average molecular weight is 502 g/mol. The number of nitrogens with one attached hydrogen (secondary N) is 1. The highest BCUT2D eigenvalue weighted by molar-refractivity contribution is 9.10. The number of carbonyl (C=O) groups excluding carboxylic acids is 1. The molecule has 0 aliphatic carbocycles. The van der Waals surface area contributed by atoms with Crippen molar-refractivity contribution in [3.8, 4) is 5.75 Å². The van der Waals surface area contributed by atoms with E-state index in [9.17, 15) is 4.79 Å². The lowest BCUT2D eigenvalue weighted by Gasteiger charge is -2.08. The number of carbonyl (C=O) groups is 1. The van der Waals surface area contributed by atoms with Gasteiger partial charge in [0.2, 0.25) is 5.95 Å². The summed E-state index contributed by atoms with van der Waals surface area (Å²) in [5.41, 5.74) is 2.50. The number of aromatic nitrogens is 5. The summed E-state index contributed by atoms with van der Waals surface area (Å²) < 4.78 is 9.67. The van der Waals surface area contributed by atoms with Crippen LogP contribution in [0.4, 0.5) is 5.95 Å². The third-order valence-electron chi connectivity index (χ3n) is 4.31. The van der Waals surface area contributed by atoms with E-state index in [4.69, 9.17) is 16.3 Å². The predicted octanol–water partition coefficient (Wildman–Crippen LogP) is 4.54. The molecule has 10 heteroatoms. The first kappa shape index (κ1) is 21.1. The van der Waals surface area contributed by atoms with Gasteiger partial charge in [-0.15, -0.1) is 5.10 Å². The van der Waals surface area contributed by atoms with Crippen molar-refractivity contribution in [2.24, 2.45) is 0 Å². The van der Waals surface area contributed by atoms with Crippen molar-refractivity contribution in [2.45, 2.75) is 20.2 Å². The van der Waals surface area contributed by atoms with E-state index in [1.54, 1.807) is 35.4 Å². The second-order valence-electron chi connectivity index (χ2n) is 6.80. The SMILES string of the molecule is Cc1cccc(Cn2cnc(NC(=O)c3ccn(COc4ccc(Br)cc4Cl)n3)n2)c1. The minimum atomic E-state index is -0.409. The number of ether oxygens (including phenoxy) is 1. The maximum absolute atomic E-state index is 12.5. The molecule has 2 heterocycles. The Labute approximate surface area is 191 Å². The molecule has 0 fully saturated rings. The molecule has 0 unspecified atom stereocenters. The van der Waals surface area contributed by atoms with Gasteiger partial charge >= 0.3 is 0 Å². The molecular weight excluding hydrogens is 484 g/mol. The van der Waals surface area contributed by atoms with Crippen LogP contribution in [0, 0.1) is 6.92 Å². The van der Waals surface area contributed by atoms with E-state index in [1.807, 2.05) is 31.2 Å². The molecule has 0 spiro atoms. The van der Waals surface area contributed by atoms with Gasteiger partial charge in [-0.2, -0.15) is 5.10 Å².